The molecule has 0 aromatic carbocycles. The van der Waals surface area contributed by atoms with E-state index < -0.39 is 0 Å². The molecule has 0 bridgehead atoms. The number of nitrogens with zero attached hydrogens (tertiary/aromatic N) is 2. The lowest BCUT2D eigenvalue weighted by atomic mass is 9.76. The van der Waals surface area contributed by atoms with Crippen LogP contribution in [0.5, 0.6) is 0 Å². The fourth-order valence-corrected chi connectivity index (χ4v) is 3.74. The van der Waals surface area contributed by atoms with Crippen LogP contribution in [0.3, 0.4) is 0 Å². The molecule has 0 amide bonds. The van der Waals surface area contributed by atoms with Crippen LogP contribution < -0.4 is 5.32 Å². The molecular weight excluding hydrogens is 222 g/mol. The molecule has 0 aliphatic carbocycles. The third kappa shape index (κ3) is 3.46. The lowest BCUT2D eigenvalue weighted by Crippen LogP contribution is -2.50. The van der Waals surface area contributed by atoms with Crippen molar-refractivity contribution < 1.29 is 0 Å². The molecule has 2 aliphatic heterocycles. The number of likely N-dealkylation sites (tertiary alicyclic amines) is 1. The predicted molar refractivity (Wildman–Crippen MR) is 78.0 cm³/mol. The number of piperidine rings is 2. The van der Waals surface area contributed by atoms with E-state index in [2.05, 4.69) is 36.1 Å². The van der Waals surface area contributed by atoms with Crippen molar-refractivity contribution in [3.05, 3.63) is 0 Å². The van der Waals surface area contributed by atoms with Crippen LogP contribution in [0, 0.1) is 5.41 Å². The fraction of sp³-hybridized carbons (Fsp3) is 1.00. The SMILES string of the molecule is CCC1(CN(C)C2CCCN(C)C2)CCNCC1. The quantitative estimate of drug-likeness (QED) is 0.824. The minimum atomic E-state index is 0.579. The highest BCUT2D eigenvalue weighted by atomic mass is 15.2. The molecule has 2 rings (SSSR count). The van der Waals surface area contributed by atoms with Gasteiger partial charge in [-0.3, -0.25) is 0 Å². The van der Waals surface area contributed by atoms with Crippen molar-refractivity contribution in [3.8, 4) is 0 Å². The summed E-state index contributed by atoms with van der Waals surface area (Å²) in [5, 5.41) is 3.51. The first kappa shape index (κ1) is 14.3. The smallest absolute Gasteiger partial charge is 0.0220 e. The lowest BCUT2D eigenvalue weighted by Gasteiger charge is -2.44. The van der Waals surface area contributed by atoms with E-state index in [1.54, 1.807) is 0 Å². The highest BCUT2D eigenvalue weighted by Crippen LogP contribution is 2.34. The Morgan fingerprint density at radius 1 is 1.33 bits per heavy atom. The number of hydrogen-bond acceptors (Lipinski definition) is 3. The second kappa shape index (κ2) is 6.36. The van der Waals surface area contributed by atoms with Crippen molar-refractivity contribution in [1.29, 1.82) is 0 Å². The Labute approximate surface area is 113 Å². The van der Waals surface area contributed by atoms with Crippen LogP contribution in [0.15, 0.2) is 0 Å². The number of rotatable bonds is 4. The summed E-state index contributed by atoms with van der Waals surface area (Å²) >= 11 is 0. The van der Waals surface area contributed by atoms with E-state index in [-0.39, 0.29) is 0 Å². The van der Waals surface area contributed by atoms with Crippen molar-refractivity contribution >= 4 is 0 Å². The van der Waals surface area contributed by atoms with Gasteiger partial charge in [0.05, 0.1) is 0 Å². The molecule has 106 valence electrons. The molecule has 0 aromatic rings. The van der Waals surface area contributed by atoms with E-state index in [1.165, 1.54) is 64.8 Å². The third-order valence-electron chi connectivity index (χ3n) is 5.22. The molecule has 0 spiro atoms. The Morgan fingerprint density at radius 3 is 2.67 bits per heavy atom. The fourth-order valence-electron chi connectivity index (χ4n) is 3.74. The van der Waals surface area contributed by atoms with E-state index in [0.717, 1.165) is 6.04 Å². The summed E-state index contributed by atoms with van der Waals surface area (Å²) in [6.45, 7) is 8.65. The van der Waals surface area contributed by atoms with Gasteiger partial charge in [-0.25, -0.2) is 0 Å². The Balaban J connectivity index is 1.89. The van der Waals surface area contributed by atoms with Crippen molar-refractivity contribution in [2.24, 2.45) is 5.41 Å². The second-order valence-electron chi connectivity index (χ2n) is 6.58. The average molecular weight is 253 g/mol. The van der Waals surface area contributed by atoms with Gasteiger partial charge in [-0.05, 0) is 71.2 Å². The van der Waals surface area contributed by atoms with Gasteiger partial charge in [-0.1, -0.05) is 6.92 Å². The molecule has 3 nitrogen and oxygen atoms in total. The van der Waals surface area contributed by atoms with Gasteiger partial charge in [0, 0.05) is 19.1 Å². The minimum absolute atomic E-state index is 0.579. The molecule has 1 atom stereocenters. The zero-order chi connectivity index (χ0) is 13.0. The van der Waals surface area contributed by atoms with E-state index in [1.807, 2.05) is 0 Å². The second-order valence-corrected chi connectivity index (χ2v) is 6.58. The molecule has 0 saturated carbocycles. The van der Waals surface area contributed by atoms with Crippen molar-refractivity contribution in [3.63, 3.8) is 0 Å². The molecule has 0 radical (unpaired) electrons. The number of nitrogens with one attached hydrogen (secondary N) is 1. The van der Waals surface area contributed by atoms with Crippen LogP contribution >= 0.6 is 0 Å². The summed E-state index contributed by atoms with van der Waals surface area (Å²) in [5.41, 5.74) is 0.579. The monoisotopic (exact) mass is 253 g/mol. The number of hydrogen-bond donors (Lipinski definition) is 1. The Kier molecular flexibility index (Phi) is 5.05. The molecule has 0 aromatic heterocycles. The van der Waals surface area contributed by atoms with Gasteiger partial charge in [0.15, 0.2) is 0 Å². The molecule has 18 heavy (non-hydrogen) atoms. The van der Waals surface area contributed by atoms with Gasteiger partial charge in [-0.2, -0.15) is 0 Å². The van der Waals surface area contributed by atoms with E-state index >= 15 is 0 Å². The molecular formula is C15H31N3. The van der Waals surface area contributed by atoms with Crippen molar-refractivity contribution in [2.75, 3.05) is 46.8 Å². The number of likely N-dealkylation sites (N-methyl/N-ethyl adjacent to an activating group) is 2. The third-order valence-corrected chi connectivity index (χ3v) is 5.22. The van der Waals surface area contributed by atoms with E-state index in [9.17, 15) is 0 Å². The zero-order valence-corrected chi connectivity index (χ0v) is 12.5. The summed E-state index contributed by atoms with van der Waals surface area (Å²) < 4.78 is 0. The van der Waals surface area contributed by atoms with Gasteiger partial charge < -0.3 is 15.1 Å². The maximum atomic E-state index is 3.51. The first-order chi connectivity index (χ1) is 8.65. The van der Waals surface area contributed by atoms with Crippen LogP contribution in [0.25, 0.3) is 0 Å². The van der Waals surface area contributed by atoms with Gasteiger partial charge in [-0.15, -0.1) is 0 Å². The van der Waals surface area contributed by atoms with Gasteiger partial charge >= 0.3 is 0 Å². The summed E-state index contributed by atoms with van der Waals surface area (Å²) in [7, 11) is 4.61. The molecule has 3 heteroatoms. The molecule has 2 heterocycles. The molecule has 2 aliphatic rings. The summed E-state index contributed by atoms with van der Waals surface area (Å²) in [5.74, 6) is 0. The first-order valence-corrected chi connectivity index (χ1v) is 7.75. The van der Waals surface area contributed by atoms with Crippen molar-refractivity contribution in [1.82, 2.24) is 15.1 Å². The van der Waals surface area contributed by atoms with Crippen LogP contribution in [-0.4, -0.2) is 62.7 Å². The zero-order valence-electron chi connectivity index (χ0n) is 12.5. The van der Waals surface area contributed by atoms with Crippen LogP contribution in [0.4, 0.5) is 0 Å². The molecule has 1 unspecified atom stereocenters. The first-order valence-electron chi connectivity index (χ1n) is 7.75. The van der Waals surface area contributed by atoms with Gasteiger partial charge in [0.2, 0.25) is 0 Å². The topological polar surface area (TPSA) is 18.5 Å². The van der Waals surface area contributed by atoms with E-state index in [4.69, 9.17) is 0 Å². The maximum absolute atomic E-state index is 3.51. The van der Waals surface area contributed by atoms with Gasteiger partial charge in [0.1, 0.15) is 0 Å². The highest BCUT2D eigenvalue weighted by molar-refractivity contribution is 4.88. The Morgan fingerprint density at radius 2 is 2.06 bits per heavy atom. The molecule has 2 saturated heterocycles. The minimum Gasteiger partial charge on any atom is -0.317 e. The molecule has 1 N–H and O–H groups in total. The Bertz CT molecular complexity index is 248. The average Bonchev–Trinajstić information content (AvgIpc) is 2.40. The lowest BCUT2D eigenvalue weighted by molar-refractivity contribution is 0.0657. The van der Waals surface area contributed by atoms with E-state index in [0.29, 0.717) is 5.41 Å². The normalized spacial score (nSPS) is 29.7. The highest BCUT2D eigenvalue weighted by Gasteiger charge is 2.33. The van der Waals surface area contributed by atoms with Crippen molar-refractivity contribution in [2.45, 2.75) is 45.1 Å². The maximum Gasteiger partial charge on any atom is 0.0220 e. The summed E-state index contributed by atoms with van der Waals surface area (Å²) in [6, 6.07) is 0.780. The van der Waals surface area contributed by atoms with Gasteiger partial charge in [0.25, 0.3) is 0 Å². The molecule has 2 fully saturated rings. The largest absolute Gasteiger partial charge is 0.317 e. The van der Waals surface area contributed by atoms with Crippen LogP contribution in [0.2, 0.25) is 0 Å². The summed E-state index contributed by atoms with van der Waals surface area (Å²) in [6.07, 6.45) is 6.81. The predicted octanol–water partition coefficient (Wildman–Crippen LogP) is 1.79. The summed E-state index contributed by atoms with van der Waals surface area (Å²) in [4.78, 5) is 5.15. The Hall–Kier alpha value is -0.120. The van der Waals surface area contributed by atoms with Crippen LogP contribution in [-0.2, 0) is 0 Å². The van der Waals surface area contributed by atoms with Crippen LogP contribution in [0.1, 0.15) is 39.0 Å². The standard InChI is InChI=1S/C15H31N3/c1-4-15(7-9-16-10-8-15)13-18(3)14-6-5-11-17(2)12-14/h14,16H,4-13H2,1-3H3.